The first-order valence-corrected chi connectivity index (χ1v) is 10.5. The van der Waals surface area contributed by atoms with Crippen molar-refractivity contribution in [3.63, 3.8) is 0 Å². The van der Waals surface area contributed by atoms with Crippen molar-refractivity contribution in [1.82, 2.24) is 0 Å². The van der Waals surface area contributed by atoms with Gasteiger partial charge in [0, 0.05) is 11.3 Å². The van der Waals surface area contributed by atoms with Gasteiger partial charge in [-0.05, 0) is 57.4 Å². The van der Waals surface area contributed by atoms with E-state index in [-0.39, 0.29) is 12.2 Å². The quantitative estimate of drug-likeness (QED) is 0.405. The molecule has 0 aliphatic heterocycles. The van der Waals surface area contributed by atoms with Crippen LogP contribution in [0.15, 0.2) is 24.3 Å². The van der Waals surface area contributed by atoms with Crippen molar-refractivity contribution in [3.05, 3.63) is 29.8 Å². The largest absolute Gasteiger partial charge is 0.465 e. The average molecular weight is 397 g/mol. The van der Waals surface area contributed by atoms with Crippen molar-refractivity contribution in [1.29, 1.82) is 0 Å². The van der Waals surface area contributed by atoms with Gasteiger partial charge in [0.25, 0.3) is 0 Å². The minimum absolute atomic E-state index is 0.163. The molecule has 1 aromatic carbocycles. The molecule has 1 saturated carbocycles. The number of ketones is 1. The zero-order valence-corrected chi connectivity index (χ0v) is 16.3. The molecule has 148 valence electrons. The SMILES string of the molecule is CCOC(=O)C1(C(=O)O[C@@H](C)C(=O)c2ccc(NS(C)(=O)=O)cc2)CCC1. The van der Waals surface area contributed by atoms with Gasteiger partial charge in [-0.1, -0.05) is 0 Å². The van der Waals surface area contributed by atoms with Gasteiger partial charge in [-0.15, -0.1) is 0 Å². The Morgan fingerprint density at radius 3 is 2.19 bits per heavy atom. The van der Waals surface area contributed by atoms with E-state index < -0.39 is 39.3 Å². The van der Waals surface area contributed by atoms with Crippen LogP contribution in [0.1, 0.15) is 43.5 Å². The van der Waals surface area contributed by atoms with Crippen molar-refractivity contribution in [2.45, 2.75) is 39.2 Å². The van der Waals surface area contributed by atoms with Gasteiger partial charge in [-0.3, -0.25) is 19.1 Å². The second-order valence-electron chi connectivity index (χ2n) is 6.52. The number of carbonyl (C=O) groups excluding carboxylic acids is 3. The Balaban J connectivity index is 2.04. The summed E-state index contributed by atoms with van der Waals surface area (Å²) in [4.78, 5) is 37.0. The molecule has 27 heavy (non-hydrogen) atoms. The zero-order valence-electron chi connectivity index (χ0n) is 15.5. The van der Waals surface area contributed by atoms with E-state index >= 15 is 0 Å². The molecule has 0 amide bonds. The predicted molar refractivity (Wildman–Crippen MR) is 97.7 cm³/mol. The van der Waals surface area contributed by atoms with Crippen molar-refractivity contribution < 1.29 is 32.3 Å². The monoisotopic (exact) mass is 397 g/mol. The molecule has 1 aliphatic rings. The second kappa shape index (κ2) is 8.08. The normalized spacial score (nSPS) is 16.6. The highest BCUT2D eigenvalue weighted by molar-refractivity contribution is 7.92. The molecular formula is C18H23NO7S. The third kappa shape index (κ3) is 4.85. The van der Waals surface area contributed by atoms with Crippen LogP contribution in [0.3, 0.4) is 0 Å². The van der Waals surface area contributed by atoms with Gasteiger partial charge < -0.3 is 9.47 Å². The second-order valence-corrected chi connectivity index (χ2v) is 8.27. The summed E-state index contributed by atoms with van der Waals surface area (Å²) in [6.07, 6.45) is 1.34. The summed E-state index contributed by atoms with van der Waals surface area (Å²) < 4.78 is 34.9. The number of Topliss-reactive ketones (excluding diaryl/α,β-unsaturated/α-hetero) is 1. The number of esters is 2. The minimum atomic E-state index is -3.42. The van der Waals surface area contributed by atoms with E-state index in [9.17, 15) is 22.8 Å². The number of nitrogens with one attached hydrogen (secondary N) is 1. The summed E-state index contributed by atoms with van der Waals surface area (Å²) >= 11 is 0. The van der Waals surface area contributed by atoms with Crippen LogP contribution in [0, 0.1) is 5.41 Å². The first-order chi connectivity index (χ1) is 12.6. The van der Waals surface area contributed by atoms with E-state index in [2.05, 4.69) is 4.72 Å². The molecule has 1 aliphatic carbocycles. The van der Waals surface area contributed by atoms with Crippen LogP contribution in [0.25, 0.3) is 0 Å². The third-order valence-electron chi connectivity index (χ3n) is 4.39. The number of ether oxygens (including phenoxy) is 2. The number of hydrogen-bond acceptors (Lipinski definition) is 7. The fourth-order valence-corrected chi connectivity index (χ4v) is 3.33. The summed E-state index contributed by atoms with van der Waals surface area (Å²) in [5.41, 5.74) is -0.740. The zero-order chi connectivity index (χ0) is 20.2. The molecule has 0 bridgehead atoms. The number of hydrogen-bond donors (Lipinski definition) is 1. The molecule has 9 heteroatoms. The van der Waals surface area contributed by atoms with E-state index in [1.807, 2.05) is 0 Å². The van der Waals surface area contributed by atoms with Gasteiger partial charge in [0.2, 0.25) is 15.8 Å². The lowest BCUT2D eigenvalue weighted by Crippen LogP contribution is -2.48. The maximum Gasteiger partial charge on any atom is 0.324 e. The predicted octanol–water partition coefficient (Wildman–Crippen LogP) is 1.91. The topological polar surface area (TPSA) is 116 Å². The average Bonchev–Trinajstić information content (AvgIpc) is 2.52. The Kier molecular flexibility index (Phi) is 6.25. The van der Waals surface area contributed by atoms with Gasteiger partial charge >= 0.3 is 11.9 Å². The van der Waals surface area contributed by atoms with E-state index in [0.717, 1.165) is 6.26 Å². The van der Waals surface area contributed by atoms with Crippen molar-refractivity contribution in [2.75, 3.05) is 17.6 Å². The maximum absolute atomic E-state index is 12.5. The smallest absolute Gasteiger partial charge is 0.324 e. The minimum Gasteiger partial charge on any atom is -0.465 e. The van der Waals surface area contributed by atoms with Crippen molar-refractivity contribution in [2.24, 2.45) is 5.41 Å². The molecule has 1 N–H and O–H groups in total. The Morgan fingerprint density at radius 1 is 1.15 bits per heavy atom. The van der Waals surface area contributed by atoms with E-state index in [0.29, 0.717) is 24.9 Å². The lowest BCUT2D eigenvalue weighted by Gasteiger charge is -2.36. The van der Waals surface area contributed by atoms with Crippen LogP contribution in [0.2, 0.25) is 0 Å². The standard InChI is InChI=1S/C18H23NO7S/c1-4-25-16(21)18(10-5-11-18)17(22)26-12(2)15(20)13-6-8-14(9-7-13)19-27(3,23)24/h6-9,12,19H,4-5,10-11H2,1-3H3/t12-/m0/s1. The Labute approximate surface area is 158 Å². The molecule has 0 radical (unpaired) electrons. The molecule has 0 unspecified atom stereocenters. The Hall–Kier alpha value is -2.42. The molecule has 8 nitrogen and oxygen atoms in total. The Bertz CT molecular complexity index is 826. The highest BCUT2D eigenvalue weighted by Gasteiger charge is 2.54. The van der Waals surface area contributed by atoms with Crippen LogP contribution < -0.4 is 4.72 Å². The Morgan fingerprint density at radius 2 is 1.74 bits per heavy atom. The summed E-state index contributed by atoms with van der Waals surface area (Å²) in [7, 11) is -3.42. The first kappa shape index (κ1) is 20.9. The van der Waals surface area contributed by atoms with Gasteiger partial charge in [-0.2, -0.15) is 0 Å². The summed E-state index contributed by atoms with van der Waals surface area (Å²) in [5, 5.41) is 0. The fourth-order valence-electron chi connectivity index (χ4n) is 2.77. The van der Waals surface area contributed by atoms with Gasteiger partial charge in [0.15, 0.2) is 11.5 Å². The van der Waals surface area contributed by atoms with Gasteiger partial charge in [0.1, 0.15) is 0 Å². The number of sulfonamides is 1. The number of carbonyl (C=O) groups is 3. The summed E-state index contributed by atoms with van der Waals surface area (Å²) in [6, 6.07) is 5.75. The molecule has 2 rings (SSSR count). The van der Waals surface area contributed by atoms with E-state index in [1.165, 1.54) is 31.2 Å². The van der Waals surface area contributed by atoms with E-state index in [1.54, 1.807) is 6.92 Å². The van der Waals surface area contributed by atoms with Gasteiger partial charge in [-0.25, -0.2) is 8.42 Å². The van der Waals surface area contributed by atoms with Gasteiger partial charge in [0.05, 0.1) is 12.9 Å². The highest BCUT2D eigenvalue weighted by Crippen LogP contribution is 2.43. The third-order valence-corrected chi connectivity index (χ3v) is 5.00. The molecule has 0 spiro atoms. The van der Waals surface area contributed by atoms with Crippen LogP contribution in [-0.2, 0) is 29.1 Å². The maximum atomic E-state index is 12.5. The molecule has 0 saturated heterocycles. The summed E-state index contributed by atoms with van der Waals surface area (Å²) in [6.45, 7) is 3.25. The molecule has 1 atom stereocenters. The number of rotatable bonds is 8. The molecular weight excluding hydrogens is 374 g/mol. The summed E-state index contributed by atoms with van der Waals surface area (Å²) in [5.74, 6) is -1.81. The molecule has 1 aromatic rings. The van der Waals surface area contributed by atoms with Crippen molar-refractivity contribution in [3.8, 4) is 0 Å². The lowest BCUT2D eigenvalue weighted by molar-refractivity contribution is -0.180. The van der Waals surface area contributed by atoms with Crippen LogP contribution in [-0.4, -0.2) is 45.1 Å². The van der Waals surface area contributed by atoms with Crippen LogP contribution in [0.5, 0.6) is 0 Å². The highest BCUT2D eigenvalue weighted by atomic mass is 32.2. The molecule has 1 fully saturated rings. The van der Waals surface area contributed by atoms with Crippen LogP contribution in [0.4, 0.5) is 5.69 Å². The fraction of sp³-hybridized carbons (Fsp3) is 0.500. The lowest BCUT2D eigenvalue weighted by atomic mass is 9.68. The number of benzene rings is 1. The van der Waals surface area contributed by atoms with E-state index in [4.69, 9.17) is 9.47 Å². The molecule has 0 aromatic heterocycles. The van der Waals surface area contributed by atoms with Crippen LogP contribution >= 0.6 is 0 Å². The number of anilines is 1. The van der Waals surface area contributed by atoms with Crippen molar-refractivity contribution >= 4 is 33.4 Å². The molecule has 0 heterocycles. The first-order valence-electron chi connectivity index (χ1n) is 8.59.